The van der Waals surface area contributed by atoms with Crippen LogP contribution in [0.2, 0.25) is 5.02 Å². The average Bonchev–Trinajstić information content (AvgIpc) is 2.40. The fourth-order valence-electron chi connectivity index (χ4n) is 1.87. The van der Waals surface area contributed by atoms with Crippen molar-refractivity contribution in [2.75, 3.05) is 5.43 Å². The zero-order chi connectivity index (χ0) is 15.6. The number of nitrogens with two attached hydrogens (primary N) is 1. The highest BCUT2D eigenvalue weighted by Crippen LogP contribution is 2.24. The van der Waals surface area contributed by atoms with Crippen LogP contribution >= 0.6 is 11.6 Å². The number of halogens is 2. The number of anilines is 1. The molecule has 112 valence electrons. The Bertz CT molecular complexity index is 653. The first-order valence-corrected chi connectivity index (χ1v) is 6.96. The third-order valence-electron chi connectivity index (χ3n) is 3.05. The molecular weight excluding hydrogens is 291 g/mol. The second kappa shape index (κ2) is 5.95. The van der Waals surface area contributed by atoms with Gasteiger partial charge < -0.3 is 5.43 Å². The first-order chi connectivity index (χ1) is 9.79. The quantitative estimate of drug-likeness (QED) is 0.673. The second-order valence-electron chi connectivity index (χ2n) is 5.86. The van der Waals surface area contributed by atoms with E-state index in [1.54, 1.807) is 6.07 Å². The van der Waals surface area contributed by atoms with Crippen LogP contribution < -0.4 is 11.3 Å². The van der Waals surface area contributed by atoms with Gasteiger partial charge in [-0.05, 0) is 17.7 Å². The maximum atomic E-state index is 13.1. The van der Waals surface area contributed by atoms with Crippen LogP contribution in [0.3, 0.4) is 0 Å². The third-order valence-corrected chi connectivity index (χ3v) is 3.40. The van der Waals surface area contributed by atoms with Gasteiger partial charge in [0.05, 0.1) is 5.69 Å². The summed E-state index contributed by atoms with van der Waals surface area (Å²) in [5.41, 5.74) is 4.06. The molecule has 0 amide bonds. The molecule has 3 N–H and O–H groups in total. The van der Waals surface area contributed by atoms with E-state index in [-0.39, 0.29) is 11.2 Å². The summed E-state index contributed by atoms with van der Waals surface area (Å²) in [6, 6.07) is 6.11. The molecular formula is C15H18ClFN4. The van der Waals surface area contributed by atoms with Gasteiger partial charge >= 0.3 is 0 Å². The molecule has 0 bridgehead atoms. The number of hydrogen-bond donors (Lipinski definition) is 2. The Morgan fingerprint density at radius 2 is 1.95 bits per heavy atom. The molecule has 0 spiro atoms. The number of nitrogens with zero attached hydrogens (tertiary/aromatic N) is 2. The summed E-state index contributed by atoms with van der Waals surface area (Å²) in [6.45, 7) is 6.18. The summed E-state index contributed by atoms with van der Waals surface area (Å²) in [7, 11) is 0. The smallest absolute Gasteiger partial charge is 0.143 e. The minimum absolute atomic E-state index is 0.129. The molecule has 0 aliphatic heterocycles. The van der Waals surface area contributed by atoms with Gasteiger partial charge in [-0.15, -0.1) is 0 Å². The van der Waals surface area contributed by atoms with E-state index in [1.165, 1.54) is 12.1 Å². The second-order valence-corrected chi connectivity index (χ2v) is 6.27. The summed E-state index contributed by atoms with van der Waals surface area (Å²) in [6.07, 6.45) is 0.414. The zero-order valence-corrected chi connectivity index (χ0v) is 13.0. The van der Waals surface area contributed by atoms with Gasteiger partial charge in [0.1, 0.15) is 17.5 Å². The standard InChI is InChI=1S/C15H18ClFN4/c1-15(2,3)12-8-14(21-18)20-13(19-12)6-9-4-5-10(17)7-11(9)16/h4-5,7-8H,6,18H2,1-3H3,(H,19,20,21). The molecule has 0 saturated heterocycles. The Balaban J connectivity index is 2.39. The molecule has 1 aromatic heterocycles. The molecule has 0 saturated carbocycles. The van der Waals surface area contributed by atoms with Gasteiger partial charge in [0, 0.05) is 22.9 Å². The summed E-state index contributed by atoms with van der Waals surface area (Å²) < 4.78 is 13.1. The van der Waals surface area contributed by atoms with Crippen LogP contribution in [0.4, 0.5) is 10.2 Å². The van der Waals surface area contributed by atoms with Gasteiger partial charge in [-0.2, -0.15) is 0 Å². The first kappa shape index (κ1) is 15.7. The normalized spacial score (nSPS) is 11.5. The molecule has 1 heterocycles. The van der Waals surface area contributed by atoms with Crippen molar-refractivity contribution >= 4 is 17.4 Å². The van der Waals surface area contributed by atoms with E-state index < -0.39 is 0 Å². The molecule has 0 radical (unpaired) electrons. The molecule has 21 heavy (non-hydrogen) atoms. The maximum Gasteiger partial charge on any atom is 0.143 e. The summed E-state index contributed by atoms with van der Waals surface area (Å²) in [4.78, 5) is 8.88. The Morgan fingerprint density at radius 3 is 2.52 bits per heavy atom. The number of nitrogen functional groups attached to an aromatic ring is 1. The van der Waals surface area contributed by atoms with Crippen LogP contribution in [0.25, 0.3) is 0 Å². The molecule has 0 atom stereocenters. The Morgan fingerprint density at radius 1 is 1.24 bits per heavy atom. The number of aromatic nitrogens is 2. The predicted molar refractivity (Wildman–Crippen MR) is 82.8 cm³/mol. The van der Waals surface area contributed by atoms with Crippen LogP contribution in [-0.4, -0.2) is 9.97 Å². The van der Waals surface area contributed by atoms with Crippen molar-refractivity contribution in [2.45, 2.75) is 32.6 Å². The van der Waals surface area contributed by atoms with Crippen LogP contribution in [0.5, 0.6) is 0 Å². The lowest BCUT2D eigenvalue weighted by Crippen LogP contribution is -2.18. The lowest BCUT2D eigenvalue weighted by atomic mass is 9.92. The van der Waals surface area contributed by atoms with Gasteiger partial charge in [-0.25, -0.2) is 20.2 Å². The molecule has 2 rings (SSSR count). The first-order valence-electron chi connectivity index (χ1n) is 6.58. The van der Waals surface area contributed by atoms with E-state index in [0.29, 0.717) is 23.1 Å². The molecule has 6 heteroatoms. The van der Waals surface area contributed by atoms with Crippen molar-refractivity contribution in [3.63, 3.8) is 0 Å². The van der Waals surface area contributed by atoms with Crippen LogP contribution in [0.1, 0.15) is 37.9 Å². The minimum Gasteiger partial charge on any atom is -0.308 e. The van der Waals surface area contributed by atoms with Gasteiger partial charge in [0.25, 0.3) is 0 Å². The van der Waals surface area contributed by atoms with Crippen molar-refractivity contribution in [1.29, 1.82) is 0 Å². The maximum absolute atomic E-state index is 13.1. The van der Waals surface area contributed by atoms with E-state index in [0.717, 1.165) is 11.3 Å². The van der Waals surface area contributed by atoms with Gasteiger partial charge in [0.15, 0.2) is 0 Å². The molecule has 4 nitrogen and oxygen atoms in total. The summed E-state index contributed by atoms with van der Waals surface area (Å²) >= 11 is 6.05. The van der Waals surface area contributed by atoms with E-state index in [2.05, 4.69) is 36.2 Å². The van der Waals surface area contributed by atoms with Gasteiger partial charge in [-0.1, -0.05) is 38.4 Å². The van der Waals surface area contributed by atoms with Crippen molar-refractivity contribution < 1.29 is 4.39 Å². The predicted octanol–water partition coefficient (Wildman–Crippen LogP) is 3.44. The molecule has 0 aliphatic carbocycles. The monoisotopic (exact) mass is 308 g/mol. The van der Waals surface area contributed by atoms with Crippen molar-refractivity contribution in [1.82, 2.24) is 9.97 Å². The fourth-order valence-corrected chi connectivity index (χ4v) is 2.10. The topological polar surface area (TPSA) is 63.8 Å². The highest BCUT2D eigenvalue weighted by molar-refractivity contribution is 6.31. The van der Waals surface area contributed by atoms with Gasteiger partial charge in [-0.3, -0.25) is 0 Å². The highest BCUT2D eigenvalue weighted by Gasteiger charge is 2.18. The number of rotatable bonds is 3. The van der Waals surface area contributed by atoms with Crippen molar-refractivity contribution in [2.24, 2.45) is 5.84 Å². The molecule has 0 fully saturated rings. The average molecular weight is 309 g/mol. The van der Waals surface area contributed by atoms with Gasteiger partial charge in [0.2, 0.25) is 0 Å². The van der Waals surface area contributed by atoms with E-state index >= 15 is 0 Å². The van der Waals surface area contributed by atoms with Crippen molar-refractivity contribution in [3.8, 4) is 0 Å². The van der Waals surface area contributed by atoms with Crippen LogP contribution in [0, 0.1) is 5.82 Å². The van der Waals surface area contributed by atoms with E-state index in [9.17, 15) is 4.39 Å². The Labute approximate surface area is 128 Å². The summed E-state index contributed by atoms with van der Waals surface area (Å²) in [5, 5.41) is 0.363. The lowest BCUT2D eigenvalue weighted by molar-refractivity contribution is 0.563. The van der Waals surface area contributed by atoms with E-state index in [1.807, 2.05) is 6.07 Å². The number of hydrogen-bond acceptors (Lipinski definition) is 4. The van der Waals surface area contributed by atoms with Crippen molar-refractivity contribution in [3.05, 3.63) is 52.2 Å². The fraction of sp³-hybridized carbons (Fsp3) is 0.333. The lowest BCUT2D eigenvalue weighted by Gasteiger charge is -2.19. The van der Waals surface area contributed by atoms with E-state index in [4.69, 9.17) is 17.4 Å². The molecule has 0 aliphatic rings. The highest BCUT2D eigenvalue weighted by atomic mass is 35.5. The summed E-state index contributed by atoms with van der Waals surface area (Å²) in [5.74, 6) is 6.23. The molecule has 1 aromatic carbocycles. The number of nitrogens with one attached hydrogen (secondary N) is 1. The largest absolute Gasteiger partial charge is 0.308 e. The van der Waals surface area contributed by atoms with Crippen LogP contribution in [-0.2, 0) is 11.8 Å². The SMILES string of the molecule is CC(C)(C)c1cc(NN)nc(Cc2ccc(F)cc2Cl)n1. The Hall–Kier alpha value is -1.72. The number of hydrazine groups is 1. The molecule has 2 aromatic rings. The Kier molecular flexibility index (Phi) is 4.44. The number of benzene rings is 1. The zero-order valence-electron chi connectivity index (χ0n) is 12.2. The third kappa shape index (κ3) is 3.89. The van der Waals surface area contributed by atoms with Crippen LogP contribution in [0.15, 0.2) is 24.3 Å². The molecule has 0 unspecified atom stereocenters. The minimum atomic E-state index is -0.363.